The van der Waals surface area contributed by atoms with Gasteiger partial charge in [0.15, 0.2) is 12.1 Å². The van der Waals surface area contributed by atoms with E-state index in [0.29, 0.717) is 27.4 Å². The minimum Gasteiger partial charge on any atom is -0.438 e. The van der Waals surface area contributed by atoms with Crippen LogP contribution in [-0.2, 0) is 22.6 Å². The van der Waals surface area contributed by atoms with Gasteiger partial charge < -0.3 is 15.4 Å². The molecule has 4 aromatic carbocycles. The van der Waals surface area contributed by atoms with Crippen LogP contribution in [0.4, 0.5) is 14.9 Å². The number of rotatable bonds is 8. The molecule has 0 saturated carbocycles. The Balaban J connectivity index is 1.36. The molecule has 5 rings (SSSR count). The molecule has 2 unspecified atom stereocenters. The third-order valence-electron chi connectivity index (χ3n) is 6.51. The number of carbonyl (C=O) groups excluding carboxylic acids is 3. The largest absolute Gasteiger partial charge is 0.438 e. The van der Waals surface area contributed by atoms with Crippen molar-refractivity contribution in [1.82, 2.24) is 10.2 Å². The van der Waals surface area contributed by atoms with E-state index in [1.807, 2.05) is 30.3 Å². The highest BCUT2D eigenvalue weighted by Crippen LogP contribution is 2.34. The average molecular weight is 558 g/mol. The van der Waals surface area contributed by atoms with Crippen LogP contribution in [0.3, 0.4) is 0 Å². The van der Waals surface area contributed by atoms with E-state index in [1.54, 1.807) is 60.7 Å². The maximum atomic E-state index is 13.5. The van der Waals surface area contributed by atoms with E-state index in [9.17, 15) is 18.8 Å². The molecule has 202 valence electrons. The Morgan fingerprint density at radius 2 is 1.60 bits per heavy atom. The maximum absolute atomic E-state index is 13.5. The number of carbonyl (C=O) groups is 3. The Morgan fingerprint density at radius 3 is 2.30 bits per heavy atom. The van der Waals surface area contributed by atoms with Gasteiger partial charge in [-0.1, -0.05) is 72.3 Å². The molecule has 0 bridgehead atoms. The van der Waals surface area contributed by atoms with E-state index >= 15 is 0 Å². The molecule has 4 aromatic rings. The highest BCUT2D eigenvalue weighted by Gasteiger charge is 2.46. The van der Waals surface area contributed by atoms with Gasteiger partial charge in [0.25, 0.3) is 5.91 Å². The van der Waals surface area contributed by atoms with Crippen LogP contribution in [0.2, 0.25) is 5.02 Å². The number of halogens is 2. The molecular formula is C31H25ClFN3O4. The lowest BCUT2D eigenvalue weighted by Gasteiger charge is -2.24. The van der Waals surface area contributed by atoms with Crippen LogP contribution < -0.4 is 10.6 Å². The van der Waals surface area contributed by atoms with Crippen LogP contribution >= 0.6 is 11.6 Å². The van der Waals surface area contributed by atoms with Crippen molar-refractivity contribution in [2.24, 2.45) is 0 Å². The average Bonchev–Trinajstić information content (AvgIpc) is 3.29. The summed E-state index contributed by atoms with van der Waals surface area (Å²) in [5.74, 6) is -1.11. The van der Waals surface area contributed by atoms with Crippen LogP contribution in [0.5, 0.6) is 0 Å². The Labute approximate surface area is 235 Å². The monoisotopic (exact) mass is 557 g/mol. The first kappa shape index (κ1) is 26.9. The molecule has 1 aliphatic rings. The predicted octanol–water partition coefficient (Wildman–Crippen LogP) is 6.11. The normalized spacial score (nSPS) is 16.4. The number of hydrogen-bond donors (Lipinski definition) is 2. The van der Waals surface area contributed by atoms with Gasteiger partial charge in [-0.2, -0.15) is 0 Å². The van der Waals surface area contributed by atoms with Crippen molar-refractivity contribution in [3.05, 3.63) is 136 Å². The molecular weight excluding hydrogens is 533 g/mol. The molecule has 1 fully saturated rings. The first-order valence-electron chi connectivity index (χ1n) is 12.6. The topological polar surface area (TPSA) is 87.7 Å². The number of amides is 3. The van der Waals surface area contributed by atoms with Crippen molar-refractivity contribution in [1.29, 1.82) is 0 Å². The molecule has 1 heterocycles. The third-order valence-corrected chi connectivity index (χ3v) is 6.75. The lowest BCUT2D eigenvalue weighted by Crippen LogP contribution is -2.46. The zero-order valence-corrected chi connectivity index (χ0v) is 22.0. The van der Waals surface area contributed by atoms with Crippen LogP contribution in [0.1, 0.15) is 33.2 Å². The summed E-state index contributed by atoms with van der Waals surface area (Å²) in [6.07, 6.45) is -1.56. The molecule has 9 heteroatoms. The molecule has 0 aliphatic carbocycles. The highest BCUT2D eigenvalue weighted by molar-refractivity contribution is 6.31. The molecule has 1 saturated heterocycles. The summed E-state index contributed by atoms with van der Waals surface area (Å²) in [6, 6.07) is 27.5. The zero-order valence-electron chi connectivity index (χ0n) is 21.2. The zero-order chi connectivity index (χ0) is 28.1. The Kier molecular flexibility index (Phi) is 8.07. The molecule has 1 aliphatic heterocycles. The highest BCUT2D eigenvalue weighted by atomic mass is 35.5. The van der Waals surface area contributed by atoms with Gasteiger partial charge in [0.1, 0.15) is 5.82 Å². The second-order valence-corrected chi connectivity index (χ2v) is 9.73. The summed E-state index contributed by atoms with van der Waals surface area (Å²) in [7, 11) is 0. The summed E-state index contributed by atoms with van der Waals surface area (Å²) < 4.78 is 19.1. The van der Waals surface area contributed by atoms with Crippen molar-refractivity contribution < 1.29 is 23.5 Å². The smallest absolute Gasteiger partial charge is 0.411 e. The predicted molar refractivity (Wildman–Crippen MR) is 149 cm³/mol. The molecule has 0 aromatic heterocycles. The summed E-state index contributed by atoms with van der Waals surface area (Å²) in [5.41, 5.74) is 3.07. The standard InChI is InChI=1S/C31H25ClFN3O4/c32-24-8-4-7-23(17-24)29(37)35-26-15-11-22(12-16-26)28-27(30(38)34-18-20-5-2-1-3-6-20)36(31(39)40-28)19-21-9-13-25(33)14-10-21/h1-17,27-28H,18-19H2,(H,34,38)(H,35,37). The van der Waals surface area contributed by atoms with Crippen LogP contribution in [0, 0.1) is 5.82 Å². The Hall–Kier alpha value is -4.69. The van der Waals surface area contributed by atoms with Crippen molar-refractivity contribution in [3.8, 4) is 0 Å². The fourth-order valence-corrected chi connectivity index (χ4v) is 4.67. The first-order chi connectivity index (χ1) is 19.4. The molecule has 3 amide bonds. The van der Waals surface area contributed by atoms with Crippen LogP contribution in [0.15, 0.2) is 103 Å². The summed E-state index contributed by atoms with van der Waals surface area (Å²) in [5, 5.41) is 6.16. The second kappa shape index (κ2) is 12.0. The van der Waals surface area contributed by atoms with Gasteiger partial charge in [-0.3, -0.25) is 14.5 Å². The molecule has 7 nitrogen and oxygen atoms in total. The number of hydrogen-bond acceptors (Lipinski definition) is 4. The van der Waals surface area contributed by atoms with Crippen LogP contribution in [-0.4, -0.2) is 28.8 Å². The lowest BCUT2D eigenvalue weighted by molar-refractivity contribution is -0.126. The van der Waals surface area contributed by atoms with E-state index in [1.165, 1.54) is 17.0 Å². The SMILES string of the molecule is O=C(Nc1ccc(C2OC(=O)N(Cc3ccc(F)cc3)C2C(=O)NCc2ccccc2)cc1)c1cccc(Cl)c1. The van der Waals surface area contributed by atoms with Gasteiger partial charge in [0.2, 0.25) is 5.91 Å². The number of anilines is 1. The Morgan fingerprint density at radius 1 is 0.875 bits per heavy atom. The summed E-state index contributed by atoms with van der Waals surface area (Å²) in [6.45, 7) is 0.336. The molecule has 2 N–H and O–H groups in total. The quantitative estimate of drug-likeness (QED) is 0.274. The summed E-state index contributed by atoms with van der Waals surface area (Å²) >= 11 is 5.99. The van der Waals surface area contributed by atoms with Gasteiger partial charge >= 0.3 is 6.09 Å². The van der Waals surface area contributed by atoms with Gasteiger partial charge in [0.05, 0.1) is 6.54 Å². The van der Waals surface area contributed by atoms with Gasteiger partial charge in [-0.25, -0.2) is 9.18 Å². The Bertz CT molecular complexity index is 1510. The fraction of sp³-hybridized carbons (Fsp3) is 0.129. The van der Waals surface area contributed by atoms with E-state index < -0.39 is 24.1 Å². The summed E-state index contributed by atoms with van der Waals surface area (Å²) in [4.78, 5) is 40.4. The molecule has 40 heavy (non-hydrogen) atoms. The minimum atomic E-state index is -0.979. The number of cyclic esters (lactones) is 1. The van der Waals surface area contributed by atoms with E-state index in [4.69, 9.17) is 16.3 Å². The number of nitrogens with zero attached hydrogens (tertiary/aromatic N) is 1. The van der Waals surface area contributed by atoms with Gasteiger partial charge in [0, 0.05) is 22.8 Å². The van der Waals surface area contributed by atoms with Crippen molar-refractivity contribution in [2.45, 2.75) is 25.2 Å². The van der Waals surface area contributed by atoms with E-state index in [2.05, 4.69) is 10.6 Å². The second-order valence-electron chi connectivity index (χ2n) is 9.29. The molecule has 0 radical (unpaired) electrons. The molecule has 2 atom stereocenters. The minimum absolute atomic E-state index is 0.0623. The van der Waals surface area contributed by atoms with E-state index in [-0.39, 0.29) is 24.9 Å². The number of benzene rings is 4. The van der Waals surface area contributed by atoms with Gasteiger partial charge in [-0.15, -0.1) is 0 Å². The first-order valence-corrected chi connectivity index (χ1v) is 13.0. The van der Waals surface area contributed by atoms with Crippen molar-refractivity contribution in [2.75, 3.05) is 5.32 Å². The third kappa shape index (κ3) is 6.30. The van der Waals surface area contributed by atoms with Crippen molar-refractivity contribution in [3.63, 3.8) is 0 Å². The number of nitrogens with one attached hydrogen (secondary N) is 2. The maximum Gasteiger partial charge on any atom is 0.411 e. The molecule has 0 spiro atoms. The number of ether oxygens (including phenoxy) is 1. The van der Waals surface area contributed by atoms with Crippen molar-refractivity contribution >= 4 is 35.2 Å². The van der Waals surface area contributed by atoms with Gasteiger partial charge in [-0.05, 0) is 59.2 Å². The fourth-order valence-electron chi connectivity index (χ4n) is 4.48. The van der Waals surface area contributed by atoms with E-state index in [0.717, 1.165) is 5.56 Å². The lowest BCUT2D eigenvalue weighted by atomic mass is 10.00. The van der Waals surface area contributed by atoms with Crippen LogP contribution in [0.25, 0.3) is 0 Å².